The van der Waals surface area contributed by atoms with E-state index in [0.29, 0.717) is 23.2 Å². The first-order valence-corrected chi connectivity index (χ1v) is 11.7. The van der Waals surface area contributed by atoms with Crippen molar-refractivity contribution in [1.29, 1.82) is 0 Å². The third-order valence-electron chi connectivity index (χ3n) is 6.55. The van der Waals surface area contributed by atoms with Crippen molar-refractivity contribution >= 4 is 5.65 Å². The van der Waals surface area contributed by atoms with Gasteiger partial charge < -0.3 is 4.74 Å². The van der Waals surface area contributed by atoms with Crippen molar-refractivity contribution in [2.45, 2.75) is 19.8 Å². The van der Waals surface area contributed by atoms with Crippen LogP contribution in [0.2, 0.25) is 0 Å². The van der Waals surface area contributed by atoms with Gasteiger partial charge in [0.25, 0.3) is 0 Å². The summed E-state index contributed by atoms with van der Waals surface area (Å²) in [5, 5.41) is 9.59. The summed E-state index contributed by atoms with van der Waals surface area (Å²) in [6.45, 7) is 4.07. The van der Waals surface area contributed by atoms with Crippen LogP contribution in [0.5, 0.6) is 11.8 Å². The lowest BCUT2D eigenvalue weighted by molar-refractivity contribution is 0.402. The van der Waals surface area contributed by atoms with E-state index < -0.39 is 0 Å². The van der Waals surface area contributed by atoms with E-state index in [4.69, 9.17) is 19.9 Å². The molecule has 0 unspecified atom stereocenters. The van der Waals surface area contributed by atoms with Crippen molar-refractivity contribution in [2.24, 2.45) is 0 Å². The highest BCUT2D eigenvalue weighted by atomic mass is 16.5. The van der Waals surface area contributed by atoms with Crippen LogP contribution >= 0.6 is 0 Å². The number of nitrogens with zero attached hydrogens (tertiary/aromatic N) is 7. The molecule has 7 rings (SSSR count). The van der Waals surface area contributed by atoms with Crippen LogP contribution < -0.4 is 4.74 Å². The largest absolute Gasteiger partial charge is 0.420 e. The maximum absolute atomic E-state index is 6.46. The number of ether oxygens (including phenoxy) is 1. The first-order chi connectivity index (χ1) is 17.7. The van der Waals surface area contributed by atoms with Crippen LogP contribution in [-0.2, 0) is 0 Å². The molecule has 0 saturated heterocycles. The van der Waals surface area contributed by atoms with Gasteiger partial charge in [0.2, 0.25) is 11.8 Å². The zero-order valence-corrected chi connectivity index (χ0v) is 19.7. The van der Waals surface area contributed by atoms with E-state index in [0.717, 1.165) is 33.6 Å². The topological polar surface area (TPSA) is 83.0 Å². The Hall–Kier alpha value is -4.85. The normalized spacial score (nSPS) is 14.3. The lowest BCUT2D eigenvalue weighted by atomic mass is 9.85. The van der Waals surface area contributed by atoms with Crippen LogP contribution in [0.1, 0.15) is 33.9 Å². The van der Waals surface area contributed by atoms with Crippen LogP contribution in [0, 0.1) is 13.8 Å². The molecule has 174 valence electrons. The van der Waals surface area contributed by atoms with Crippen LogP contribution in [0.15, 0.2) is 85.5 Å². The summed E-state index contributed by atoms with van der Waals surface area (Å²) in [5.41, 5.74) is 7.44. The Kier molecular flexibility index (Phi) is 4.47. The van der Waals surface area contributed by atoms with E-state index in [1.165, 1.54) is 5.56 Å². The first-order valence-electron chi connectivity index (χ1n) is 11.7. The minimum atomic E-state index is -0.221. The van der Waals surface area contributed by atoms with Gasteiger partial charge in [0.05, 0.1) is 28.4 Å². The number of benzene rings is 2. The average molecular weight is 472 g/mol. The van der Waals surface area contributed by atoms with Crippen LogP contribution in [-0.4, -0.2) is 34.3 Å². The van der Waals surface area contributed by atoms with Crippen LogP contribution in [0.25, 0.3) is 22.7 Å². The van der Waals surface area contributed by atoms with Gasteiger partial charge in [-0.3, -0.25) is 4.98 Å². The molecule has 0 bridgehead atoms. The van der Waals surface area contributed by atoms with Crippen molar-refractivity contribution in [3.8, 4) is 28.8 Å². The Bertz CT molecular complexity index is 1720. The molecule has 0 saturated carbocycles. The molecule has 36 heavy (non-hydrogen) atoms. The number of para-hydroxylation sites is 1. The van der Waals surface area contributed by atoms with Gasteiger partial charge in [-0.15, -0.1) is 5.10 Å². The summed E-state index contributed by atoms with van der Waals surface area (Å²) in [6.07, 6.45) is 5.31. The Balaban J connectivity index is 1.48. The molecular formula is C28H21N7O. The predicted molar refractivity (Wildman–Crippen MR) is 135 cm³/mol. The number of hydrogen-bond acceptors (Lipinski definition) is 6. The summed E-state index contributed by atoms with van der Waals surface area (Å²) >= 11 is 0. The van der Waals surface area contributed by atoms with Gasteiger partial charge in [-0.05, 0) is 37.6 Å². The predicted octanol–water partition coefficient (Wildman–Crippen LogP) is 5.27. The number of aryl methyl sites for hydroxylation is 2. The van der Waals surface area contributed by atoms with Crippen LogP contribution in [0.4, 0.5) is 0 Å². The lowest BCUT2D eigenvalue weighted by Crippen LogP contribution is -2.16. The molecular weight excluding hydrogens is 450 g/mol. The van der Waals surface area contributed by atoms with Crippen molar-refractivity contribution in [1.82, 2.24) is 34.3 Å². The molecule has 1 aliphatic rings. The summed E-state index contributed by atoms with van der Waals surface area (Å²) in [5.74, 6) is 1.55. The number of hydrogen-bond donors (Lipinski definition) is 0. The van der Waals surface area contributed by atoms with Gasteiger partial charge in [0, 0.05) is 18.0 Å². The molecule has 0 N–H and O–H groups in total. The maximum Gasteiger partial charge on any atom is 0.230 e. The standard InChI is InChI=1S/C28H21N7O/c1-17-10-12-19(13-11-17)25-31-26-24-23(20-7-6-14-29-15-20)22-18(2)32-35(21-8-4-3-5-9-21)28(22)36-27(24)30-16-34(26)33-25/h3-16,23H,1-2H3/t23-/m1/s1. The number of rotatable bonds is 3. The number of fused-ring (bicyclic) bond motifs is 4. The molecule has 0 radical (unpaired) electrons. The second-order valence-corrected chi connectivity index (χ2v) is 8.91. The Morgan fingerprint density at radius 2 is 1.69 bits per heavy atom. The molecule has 0 fully saturated rings. The van der Waals surface area contributed by atoms with Crippen LogP contribution in [0.3, 0.4) is 0 Å². The van der Waals surface area contributed by atoms with E-state index in [1.807, 2.05) is 66.3 Å². The van der Waals surface area contributed by atoms with Gasteiger partial charge in [0.1, 0.15) is 6.33 Å². The number of pyridine rings is 1. The molecule has 8 heteroatoms. The van der Waals surface area contributed by atoms with Gasteiger partial charge in [-0.2, -0.15) is 5.10 Å². The molecule has 0 amide bonds. The second kappa shape index (κ2) is 7.84. The molecule has 8 nitrogen and oxygen atoms in total. The van der Waals surface area contributed by atoms with Gasteiger partial charge >= 0.3 is 0 Å². The zero-order chi connectivity index (χ0) is 24.2. The molecule has 0 spiro atoms. The Labute approximate surface area is 206 Å². The second-order valence-electron chi connectivity index (χ2n) is 8.91. The van der Waals surface area contributed by atoms with Crippen molar-refractivity contribution in [2.75, 3.05) is 0 Å². The highest BCUT2D eigenvalue weighted by molar-refractivity contribution is 5.68. The number of aromatic nitrogens is 7. The van der Waals surface area contributed by atoms with Crippen molar-refractivity contribution < 1.29 is 4.74 Å². The monoisotopic (exact) mass is 471 g/mol. The van der Waals surface area contributed by atoms with E-state index in [1.54, 1.807) is 17.0 Å². The summed E-state index contributed by atoms with van der Waals surface area (Å²) in [7, 11) is 0. The summed E-state index contributed by atoms with van der Waals surface area (Å²) in [6, 6.07) is 22.2. The van der Waals surface area contributed by atoms with Crippen molar-refractivity contribution in [3.05, 3.63) is 113 Å². The summed E-state index contributed by atoms with van der Waals surface area (Å²) < 4.78 is 10.0. The van der Waals surface area contributed by atoms with Gasteiger partial charge in [-0.25, -0.2) is 19.2 Å². The average Bonchev–Trinajstić information content (AvgIpc) is 3.50. The minimum absolute atomic E-state index is 0.221. The molecule has 2 aromatic carbocycles. The Morgan fingerprint density at radius 3 is 2.47 bits per heavy atom. The van der Waals surface area contributed by atoms with Gasteiger partial charge in [-0.1, -0.05) is 54.1 Å². The maximum atomic E-state index is 6.46. The van der Waals surface area contributed by atoms with Crippen molar-refractivity contribution in [3.63, 3.8) is 0 Å². The molecule has 5 heterocycles. The van der Waals surface area contributed by atoms with E-state index in [9.17, 15) is 0 Å². The molecule has 4 aromatic heterocycles. The van der Waals surface area contributed by atoms with Gasteiger partial charge in [0.15, 0.2) is 11.5 Å². The highest BCUT2D eigenvalue weighted by Gasteiger charge is 2.38. The molecule has 1 atom stereocenters. The van der Waals surface area contributed by atoms with E-state index in [2.05, 4.69) is 35.1 Å². The molecule has 0 aliphatic carbocycles. The zero-order valence-electron chi connectivity index (χ0n) is 19.7. The first kappa shape index (κ1) is 20.5. The fraction of sp³-hybridized carbons (Fsp3) is 0.107. The quantitative estimate of drug-likeness (QED) is 0.349. The lowest BCUT2D eigenvalue weighted by Gasteiger charge is -2.26. The third kappa shape index (κ3) is 3.11. The fourth-order valence-corrected chi connectivity index (χ4v) is 4.83. The minimum Gasteiger partial charge on any atom is -0.420 e. The molecule has 1 aliphatic heterocycles. The summed E-state index contributed by atoms with van der Waals surface area (Å²) in [4.78, 5) is 14.0. The molecule has 6 aromatic rings. The Morgan fingerprint density at radius 1 is 0.861 bits per heavy atom. The SMILES string of the molecule is Cc1ccc(-c2nc3c4c(ncn3n2)Oc2c(c(C)nn2-c2ccccc2)[C@H]4c2cccnc2)cc1. The van der Waals surface area contributed by atoms with E-state index >= 15 is 0 Å². The fourth-order valence-electron chi connectivity index (χ4n) is 4.83. The third-order valence-corrected chi connectivity index (χ3v) is 6.55. The highest BCUT2D eigenvalue weighted by Crippen LogP contribution is 2.49. The smallest absolute Gasteiger partial charge is 0.230 e. The van der Waals surface area contributed by atoms with E-state index in [-0.39, 0.29) is 5.92 Å².